The molecule has 0 aliphatic rings. The van der Waals surface area contributed by atoms with Gasteiger partial charge in [-0.2, -0.15) is 0 Å². The average Bonchev–Trinajstić information content (AvgIpc) is 0.844. The van der Waals surface area contributed by atoms with Crippen LogP contribution in [-0.4, -0.2) is 0 Å². The van der Waals surface area contributed by atoms with E-state index in [1.807, 2.05) is 151 Å². The molecule has 10 rings (SSSR count). The first-order valence-corrected chi connectivity index (χ1v) is 45.1. The monoisotopic (exact) mass is 1580 g/mol. The molecule has 0 heteroatoms. The van der Waals surface area contributed by atoms with Gasteiger partial charge in [0.25, 0.3) is 0 Å². The molecule has 0 N–H and O–H groups in total. The maximum atomic E-state index is 2.31. The van der Waals surface area contributed by atoms with E-state index in [0.717, 1.165) is 0 Å². The van der Waals surface area contributed by atoms with Gasteiger partial charge in [0.2, 0.25) is 0 Å². The molecular weight excluding hydrogens is 1390 g/mol. The summed E-state index contributed by atoms with van der Waals surface area (Å²) >= 11 is 0. The Morgan fingerprint density at radius 3 is 0.466 bits per heavy atom. The molecule has 0 fully saturated rings. The van der Waals surface area contributed by atoms with E-state index in [1.54, 1.807) is 0 Å². The van der Waals surface area contributed by atoms with Crippen molar-refractivity contribution in [2.24, 2.45) is 21.7 Å². The Morgan fingerprint density at radius 1 is 0.121 bits per heavy atom. The van der Waals surface area contributed by atoms with Crippen LogP contribution in [0.25, 0.3) is 66.8 Å². The Labute approximate surface area is 726 Å². The van der Waals surface area contributed by atoms with Crippen LogP contribution in [0.4, 0.5) is 0 Å². The zero-order valence-electron chi connectivity index (χ0n) is 85.4. The molecule has 0 aliphatic heterocycles. The Morgan fingerprint density at radius 2 is 0.267 bits per heavy atom. The zero-order valence-corrected chi connectivity index (χ0v) is 85.4. The predicted molar refractivity (Wildman–Crippen MR) is 547 cm³/mol. The van der Waals surface area contributed by atoms with E-state index in [9.17, 15) is 0 Å². The second kappa shape index (κ2) is 69.2. The summed E-state index contributed by atoms with van der Waals surface area (Å²) in [6.45, 7) is 102. The molecule has 0 saturated carbocycles. The summed E-state index contributed by atoms with van der Waals surface area (Å²) in [4.78, 5) is 0. The van der Waals surface area contributed by atoms with Crippen molar-refractivity contribution in [2.75, 3.05) is 0 Å². The molecule has 116 heavy (non-hydrogen) atoms. The maximum absolute atomic E-state index is 2.31. The lowest BCUT2D eigenvalue weighted by Crippen LogP contribution is -2.11. The van der Waals surface area contributed by atoms with E-state index in [-0.39, 0.29) is 21.7 Å². The molecule has 0 unspecified atom stereocenters. The van der Waals surface area contributed by atoms with E-state index >= 15 is 0 Å². The van der Waals surface area contributed by atoms with Crippen LogP contribution in [0.2, 0.25) is 0 Å². The van der Waals surface area contributed by atoms with Gasteiger partial charge in [0.15, 0.2) is 0 Å². The Hall–Kier alpha value is -7.80. The molecule has 10 aromatic carbocycles. The van der Waals surface area contributed by atoms with Gasteiger partial charge in [-0.1, -0.05) is 593 Å². The minimum absolute atomic E-state index is 0.196. The van der Waals surface area contributed by atoms with Crippen LogP contribution < -0.4 is 0 Å². The van der Waals surface area contributed by atoms with Crippen molar-refractivity contribution in [3.8, 4) is 66.8 Å². The van der Waals surface area contributed by atoms with Gasteiger partial charge in [-0.05, 0) is 138 Å². The first-order valence-electron chi connectivity index (χ1n) is 45.1. The summed E-state index contributed by atoms with van der Waals surface area (Å²) in [5.41, 5.74) is 23.7. The van der Waals surface area contributed by atoms with Gasteiger partial charge in [-0.15, -0.1) is 0 Å². The van der Waals surface area contributed by atoms with Gasteiger partial charge in [0.05, 0.1) is 0 Å². The first-order chi connectivity index (χ1) is 54.2. The van der Waals surface area contributed by atoms with Gasteiger partial charge in [-0.3, -0.25) is 0 Å². The molecular formula is C116H188. The van der Waals surface area contributed by atoms with Crippen molar-refractivity contribution in [2.45, 2.75) is 354 Å². The molecule has 0 bridgehead atoms. The van der Waals surface area contributed by atoms with Crippen molar-refractivity contribution >= 4 is 0 Å². The van der Waals surface area contributed by atoms with Crippen LogP contribution in [0.5, 0.6) is 0 Å². The first kappa shape index (κ1) is 124. The fourth-order valence-corrected chi connectivity index (χ4v) is 9.01. The smallest absolute Gasteiger partial charge is 0.0105 e. The Bertz CT molecular complexity index is 3470. The van der Waals surface area contributed by atoms with Gasteiger partial charge < -0.3 is 0 Å². The quantitative estimate of drug-likeness (QED) is 0.156. The third-order valence-corrected chi connectivity index (χ3v) is 13.8. The standard InChI is InChI=1S/2C20H26.2C18H14.4C5H12.10C2H6/c1-19(2,3)17-11-7-15(8-12-17)16-9-13-18(14-10-16)20(4,5)6;1-19(2,3)17-12-10-15(11-13-17)16-8-7-9-18(14-16)20(4,5)6;1-3-9-15(10-4-1)17-13-7-8-14-18(17)16-11-5-2-6-12-16;1-3-8-15(9-4-1)17-12-7-13-18(14-17)16-10-5-2-6-11-16;4*1-5(2,3)4;10*1-2/h2*7-14H,1-6H3;2*1-14H;4*1-4H3;10*1-2H3. The highest BCUT2D eigenvalue weighted by atomic mass is 14.2. The molecule has 10 aromatic rings. The molecule has 0 saturated heterocycles. The topological polar surface area (TPSA) is 0 Å². The van der Waals surface area contributed by atoms with Gasteiger partial charge in [0.1, 0.15) is 0 Å². The van der Waals surface area contributed by atoms with E-state index < -0.39 is 0 Å². The van der Waals surface area contributed by atoms with Crippen molar-refractivity contribution in [1.29, 1.82) is 0 Å². The second-order valence-electron chi connectivity index (χ2n) is 35.9. The van der Waals surface area contributed by atoms with E-state index in [1.165, 1.54) is 89.0 Å². The van der Waals surface area contributed by atoms with Crippen LogP contribution in [0.15, 0.2) is 267 Å². The Kier molecular flexibility index (Phi) is 73.9. The molecule has 0 amide bonds. The van der Waals surface area contributed by atoms with E-state index in [4.69, 9.17) is 0 Å². The SMILES string of the molecule is CC.CC.CC.CC.CC.CC.CC.CC.CC.CC.CC(C)(C)C.CC(C)(C)C.CC(C)(C)C.CC(C)(C)C.CC(C)(C)c1ccc(-c2ccc(C(C)(C)C)cc2)cc1.CC(C)(C)c1ccc(-c2cccc(C(C)(C)C)c2)cc1.c1ccc(-c2cccc(-c3ccccc3)c2)cc1.c1ccc(-c2ccccc2-c2ccccc2)cc1. The van der Waals surface area contributed by atoms with Crippen molar-refractivity contribution in [1.82, 2.24) is 0 Å². The maximum Gasteiger partial charge on any atom is -0.0105 e. The van der Waals surface area contributed by atoms with E-state index in [2.05, 4.69) is 449 Å². The highest BCUT2D eigenvalue weighted by Crippen LogP contribution is 2.34. The third-order valence-electron chi connectivity index (χ3n) is 13.8. The molecule has 0 atom stereocenters. The minimum Gasteiger partial charge on any atom is -0.0683 e. The van der Waals surface area contributed by atoms with Crippen LogP contribution in [0, 0.1) is 21.7 Å². The predicted octanol–water partition coefficient (Wildman–Crippen LogP) is 40.4. The van der Waals surface area contributed by atoms with Gasteiger partial charge in [0, 0.05) is 0 Å². The van der Waals surface area contributed by atoms with Gasteiger partial charge in [-0.25, -0.2) is 0 Å². The lowest BCUT2D eigenvalue weighted by Gasteiger charge is -2.21. The van der Waals surface area contributed by atoms with Crippen LogP contribution >= 0.6 is 0 Å². The lowest BCUT2D eigenvalue weighted by atomic mass is 9.84. The summed E-state index contributed by atoms with van der Waals surface area (Å²) in [5, 5.41) is 0. The molecule has 0 radical (unpaired) electrons. The number of hydrogen-bond donors (Lipinski definition) is 0. The summed E-state index contributed by atoms with van der Waals surface area (Å²) in [5.74, 6) is 0. The fourth-order valence-electron chi connectivity index (χ4n) is 9.01. The lowest BCUT2D eigenvalue weighted by molar-refractivity contribution is 0.469. The van der Waals surface area contributed by atoms with Gasteiger partial charge >= 0.3 is 0 Å². The molecule has 0 nitrogen and oxygen atoms in total. The Balaban J connectivity index is -0.000000194. The van der Waals surface area contributed by atoms with Crippen LogP contribution in [0.1, 0.15) is 355 Å². The highest BCUT2D eigenvalue weighted by Gasteiger charge is 2.18. The van der Waals surface area contributed by atoms with Crippen LogP contribution in [-0.2, 0) is 21.7 Å². The normalized spacial score (nSPS) is 10.1. The third kappa shape index (κ3) is 66.2. The number of hydrogen-bond acceptors (Lipinski definition) is 0. The summed E-state index contributed by atoms with van der Waals surface area (Å²) in [7, 11) is 0. The van der Waals surface area contributed by atoms with Crippen molar-refractivity contribution < 1.29 is 0 Å². The highest BCUT2D eigenvalue weighted by molar-refractivity contribution is 5.83. The molecule has 0 aromatic heterocycles. The van der Waals surface area contributed by atoms with Crippen molar-refractivity contribution in [3.05, 3.63) is 289 Å². The van der Waals surface area contributed by atoms with E-state index in [0.29, 0.717) is 21.7 Å². The zero-order chi connectivity index (χ0) is 92.4. The molecule has 0 aliphatic carbocycles. The summed E-state index contributed by atoms with van der Waals surface area (Å²) in [6, 6.07) is 95.0. The molecule has 652 valence electrons. The average molecular weight is 1580 g/mol. The van der Waals surface area contributed by atoms with Crippen molar-refractivity contribution in [3.63, 3.8) is 0 Å². The summed E-state index contributed by atoms with van der Waals surface area (Å²) in [6.07, 6.45) is 0. The summed E-state index contributed by atoms with van der Waals surface area (Å²) < 4.78 is 0. The fraction of sp³-hybridized carbons (Fsp3) is 0.483. The molecule has 0 heterocycles. The number of rotatable bonds is 6. The van der Waals surface area contributed by atoms with Crippen LogP contribution in [0.3, 0.4) is 0 Å². The largest absolute Gasteiger partial charge is 0.0683 e. The second-order valence-corrected chi connectivity index (χ2v) is 35.9. The molecule has 0 spiro atoms. The minimum atomic E-state index is 0.196. The number of benzene rings is 10.